The van der Waals surface area contributed by atoms with E-state index in [0.29, 0.717) is 11.6 Å². The Morgan fingerprint density at radius 1 is 1.00 bits per heavy atom. The molecule has 0 aliphatic heterocycles. The molecule has 1 aromatic carbocycles. The minimum Gasteiger partial charge on any atom is -0.437 e. The Balaban J connectivity index is 1.95. The number of aromatic nitrogens is 2. The molecule has 0 atom stereocenters. The van der Waals surface area contributed by atoms with Gasteiger partial charge in [0.2, 0.25) is 5.88 Å². The van der Waals surface area contributed by atoms with E-state index < -0.39 is 0 Å². The van der Waals surface area contributed by atoms with E-state index >= 15 is 0 Å². The second-order valence-corrected chi connectivity index (χ2v) is 4.70. The van der Waals surface area contributed by atoms with E-state index in [-0.39, 0.29) is 0 Å². The van der Waals surface area contributed by atoms with Crippen LogP contribution in [0.15, 0.2) is 59.3 Å². The largest absolute Gasteiger partial charge is 0.437 e. The molecule has 0 aliphatic carbocycles. The van der Waals surface area contributed by atoms with Gasteiger partial charge in [0, 0.05) is 22.1 Å². The summed E-state index contributed by atoms with van der Waals surface area (Å²) in [5.41, 5.74) is 0.915. The van der Waals surface area contributed by atoms with Crippen molar-refractivity contribution in [3.63, 3.8) is 0 Å². The molecule has 0 bridgehead atoms. The maximum Gasteiger partial charge on any atom is 0.219 e. The summed E-state index contributed by atoms with van der Waals surface area (Å²) in [4.78, 5) is 8.48. The van der Waals surface area contributed by atoms with Gasteiger partial charge in [0.15, 0.2) is 0 Å². The Labute approximate surface area is 113 Å². The first-order valence-electron chi connectivity index (χ1n) is 5.45. The maximum atomic E-state index is 5.66. The number of para-hydroxylation sites is 1. The van der Waals surface area contributed by atoms with Crippen molar-refractivity contribution in [2.45, 2.75) is 0 Å². The molecule has 0 saturated heterocycles. The van der Waals surface area contributed by atoms with Crippen molar-refractivity contribution in [3.05, 3.63) is 59.3 Å². The number of pyridine rings is 2. The number of hydrogen-bond acceptors (Lipinski definition) is 3. The van der Waals surface area contributed by atoms with E-state index in [9.17, 15) is 0 Å². The number of benzene rings is 1. The van der Waals surface area contributed by atoms with Crippen LogP contribution in [0.25, 0.3) is 10.9 Å². The van der Waals surface area contributed by atoms with Crippen molar-refractivity contribution in [2.24, 2.45) is 0 Å². The van der Waals surface area contributed by atoms with Gasteiger partial charge in [-0.2, -0.15) is 0 Å². The number of nitrogens with zero attached hydrogens (tertiary/aromatic N) is 2. The normalized spacial score (nSPS) is 10.5. The van der Waals surface area contributed by atoms with Gasteiger partial charge < -0.3 is 4.74 Å². The lowest BCUT2D eigenvalue weighted by Crippen LogP contribution is -1.89. The smallest absolute Gasteiger partial charge is 0.219 e. The summed E-state index contributed by atoms with van der Waals surface area (Å²) in [6.07, 6.45) is 3.36. The zero-order chi connectivity index (χ0) is 12.4. The van der Waals surface area contributed by atoms with Gasteiger partial charge in [-0.05, 0) is 34.1 Å². The summed E-state index contributed by atoms with van der Waals surface area (Å²) in [6, 6.07) is 13.6. The van der Waals surface area contributed by atoms with Crippen LogP contribution in [-0.4, -0.2) is 9.97 Å². The first-order chi connectivity index (χ1) is 8.81. The van der Waals surface area contributed by atoms with Gasteiger partial charge in [0.25, 0.3) is 0 Å². The molecule has 3 aromatic rings. The Bertz CT molecular complexity index is 700. The third-order valence-electron chi connectivity index (χ3n) is 2.48. The van der Waals surface area contributed by atoms with E-state index in [1.54, 1.807) is 12.4 Å². The van der Waals surface area contributed by atoms with Crippen molar-refractivity contribution >= 4 is 26.8 Å². The van der Waals surface area contributed by atoms with E-state index in [0.717, 1.165) is 15.4 Å². The Hall–Kier alpha value is -1.94. The summed E-state index contributed by atoms with van der Waals surface area (Å²) in [7, 11) is 0. The number of halogens is 1. The molecule has 2 heterocycles. The summed E-state index contributed by atoms with van der Waals surface area (Å²) < 4.78 is 6.54. The van der Waals surface area contributed by atoms with Crippen LogP contribution < -0.4 is 4.74 Å². The number of rotatable bonds is 2. The molecular formula is C14H9BrN2O. The third kappa shape index (κ3) is 2.33. The molecule has 3 nitrogen and oxygen atoms in total. The molecule has 0 amide bonds. The first-order valence-corrected chi connectivity index (χ1v) is 6.25. The fourth-order valence-electron chi connectivity index (χ4n) is 1.67. The van der Waals surface area contributed by atoms with Crippen molar-refractivity contribution < 1.29 is 4.74 Å². The van der Waals surface area contributed by atoms with Gasteiger partial charge in [-0.15, -0.1) is 0 Å². The van der Waals surface area contributed by atoms with Crippen LogP contribution in [0.3, 0.4) is 0 Å². The number of hydrogen-bond donors (Lipinski definition) is 0. The lowest BCUT2D eigenvalue weighted by Gasteiger charge is -2.05. The molecule has 88 valence electrons. The molecule has 4 heteroatoms. The third-order valence-corrected chi connectivity index (χ3v) is 2.91. The highest BCUT2D eigenvalue weighted by atomic mass is 79.9. The SMILES string of the molecule is Brc1cncc(Oc2ccc3ccccc3n2)c1. The molecule has 0 saturated carbocycles. The zero-order valence-corrected chi connectivity index (χ0v) is 11.0. The molecule has 2 aromatic heterocycles. The fraction of sp³-hybridized carbons (Fsp3) is 0. The highest BCUT2D eigenvalue weighted by Crippen LogP contribution is 2.23. The van der Waals surface area contributed by atoms with Crippen LogP contribution in [0.2, 0.25) is 0 Å². The molecule has 0 spiro atoms. The van der Waals surface area contributed by atoms with E-state index in [2.05, 4.69) is 25.9 Å². The zero-order valence-electron chi connectivity index (χ0n) is 9.38. The highest BCUT2D eigenvalue weighted by Gasteiger charge is 2.01. The van der Waals surface area contributed by atoms with Gasteiger partial charge >= 0.3 is 0 Å². The second kappa shape index (κ2) is 4.74. The lowest BCUT2D eigenvalue weighted by atomic mass is 10.2. The van der Waals surface area contributed by atoms with Crippen molar-refractivity contribution in [1.82, 2.24) is 9.97 Å². The minimum absolute atomic E-state index is 0.564. The van der Waals surface area contributed by atoms with Crippen molar-refractivity contribution in [2.75, 3.05) is 0 Å². The van der Waals surface area contributed by atoms with Gasteiger partial charge in [-0.3, -0.25) is 4.98 Å². The summed E-state index contributed by atoms with van der Waals surface area (Å²) in [6.45, 7) is 0. The molecule has 0 fully saturated rings. The summed E-state index contributed by atoms with van der Waals surface area (Å²) >= 11 is 3.35. The van der Waals surface area contributed by atoms with Gasteiger partial charge in [-0.1, -0.05) is 18.2 Å². The predicted molar refractivity (Wildman–Crippen MR) is 73.8 cm³/mol. The van der Waals surface area contributed by atoms with E-state index in [1.807, 2.05) is 42.5 Å². The standard InChI is InChI=1S/C14H9BrN2O/c15-11-7-12(9-16-8-11)18-14-6-5-10-3-1-2-4-13(10)17-14/h1-9H. The van der Waals surface area contributed by atoms with Gasteiger partial charge in [0.05, 0.1) is 11.7 Å². The minimum atomic E-state index is 0.564. The van der Waals surface area contributed by atoms with Crippen molar-refractivity contribution in [1.29, 1.82) is 0 Å². The van der Waals surface area contributed by atoms with E-state index in [4.69, 9.17) is 4.74 Å². The quantitative estimate of drug-likeness (QED) is 0.712. The van der Waals surface area contributed by atoms with Crippen LogP contribution in [0.5, 0.6) is 11.6 Å². The molecule has 18 heavy (non-hydrogen) atoms. The first kappa shape index (κ1) is 11.2. The van der Waals surface area contributed by atoms with Crippen LogP contribution >= 0.6 is 15.9 Å². The predicted octanol–water partition coefficient (Wildman–Crippen LogP) is 4.18. The topological polar surface area (TPSA) is 35.0 Å². The average molecular weight is 301 g/mol. The van der Waals surface area contributed by atoms with Crippen LogP contribution in [0.1, 0.15) is 0 Å². The summed E-state index contributed by atoms with van der Waals surface area (Å²) in [5.74, 6) is 1.22. The van der Waals surface area contributed by atoms with Crippen LogP contribution in [0, 0.1) is 0 Å². The second-order valence-electron chi connectivity index (χ2n) is 3.78. The van der Waals surface area contributed by atoms with Crippen LogP contribution in [-0.2, 0) is 0 Å². The molecule has 0 unspecified atom stereocenters. The molecule has 0 aliphatic rings. The van der Waals surface area contributed by atoms with E-state index in [1.165, 1.54) is 0 Å². The molecule has 3 rings (SSSR count). The molecular weight excluding hydrogens is 292 g/mol. The Kier molecular flexibility index (Phi) is 2.94. The number of ether oxygens (including phenoxy) is 1. The highest BCUT2D eigenvalue weighted by molar-refractivity contribution is 9.10. The fourth-order valence-corrected chi connectivity index (χ4v) is 2.02. The number of fused-ring (bicyclic) bond motifs is 1. The lowest BCUT2D eigenvalue weighted by molar-refractivity contribution is 0.462. The van der Waals surface area contributed by atoms with Crippen molar-refractivity contribution in [3.8, 4) is 11.6 Å². The summed E-state index contributed by atoms with van der Waals surface area (Å²) in [5, 5.41) is 1.09. The monoisotopic (exact) mass is 300 g/mol. The Morgan fingerprint density at radius 3 is 2.78 bits per heavy atom. The average Bonchev–Trinajstić information content (AvgIpc) is 2.39. The maximum absolute atomic E-state index is 5.66. The van der Waals surface area contributed by atoms with Gasteiger partial charge in [0.1, 0.15) is 5.75 Å². The van der Waals surface area contributed by atoms with Crippen LogP contribution in [0.4, 0.5) is 0 Å². The molecule has 0 radical (unpaired) electrons. The molecule has 0 N–H and O–H groups in total. The Morgan fingerprint density at radius 2 is 1.89 bits per heavy atom. The van der Waals surface area contributed by atoms with Gasteiger partial charge in [-0.25, -0.2) is 4.98 Å².